The molecule has 1 fully saturated rings. The van der Waals surface area contributed by atoms with E-state index in [0.717, 1.165) is 6.42 Å². The molecule has 1 atom stereocenters. The first-order valence-corrected chi connectivity index (χ1v) is 11.1. The topological polar surface area (TPSA) is 87.7 Å². The number of likely N-dealkylation sites (tertiary alicyclic amines) is 1. The average molecular weight is 432 g/mol. The van der Waals surface area contributed by atoms with Gasteiger partial charge in [-0.15, -0.1) is 0 Å². The molecule has 31 heavy (non-hydrogen) atoms. The first-order chi connectivity index (χ1) is 14.6. The number of rotatable bonds is 8. The summed E-state index contributed by atoms with van der Waals surface area (Å²) >= 11 is 0. The second-order valence-electron chi connectivity index (χ2n) is 9.43. The number of amides is 3. The molecule has 7 nitrogen and oxygen atoms in total. The van der Waals surface area contributed by atoms with E-state index in [-0.39, 0.29) is 29.1 Å². The second kappa shape index (κ2) is 11.2. The second-order valence-corrected chi connectivity index (χ2v) is 9.43. The number of nitrogens with zero attached hydrogens (tertiary/aromatic N) is 1. The van der Waals surface area contributed by atoms with E-state index in [1.165, 1.54) is 0 Å². The quantitative estimate of drug-likeness (QED) is 0.662. The molecule has 0 unspecified atom stereocenters. The van der Waals surface area contributed by atoms with Crippen LogP contribution >= 0.6 is 0 Å². The molecule has 1 aliphatic heterocycles. The molecular weight excluding hydrogens is 394 g/mol. The average Bonchev–Trinajstić information content (AvgIpc) is 2.74. The van der Waals surface area contributed by atoms with Crippen LogP contribution in [0.2, 0.25) is 0 Å². The Morgan fingerprint density at radius 1 is 1.19 bits per heavy atom. The van der Waals surface area contributed by atoms with Crippen LogP contribution in [-0.4, -0.2) is 55.4 Å². The van der Waals surface area contributed by atoms with E-state index in [1.807, 2.05) is 11.8 Å². The molecular formula is C24H37N3O4. The van der Waals surface area contributed by atoms with Crippen LogP contribution in [0.15, 0.2) is 24.3 Å². The van der Waals surface area contributed by atoms with Crippen molar-refractivity contribution < 1.29 is 19.1 Å². The molecule has 1 heterocycles. The molecule has 2 N–H and O–H groups in total. The zero-order valence-corrected chi connectivity index (χ0v) is 19.5. The highest BCUT2D eigenvalue weighted by atomic mass is 16.5. The van der Waals surface area contributed by atoms with Crippen LogP contribution in [0.25, 0.3) is 0 Å². The Balaban J connectivity index is 2.07. The van der Waals surface area contributed by atoms with Gasteiger partial charge in [0.05, 0.1) is 7.11 Å². The van der Waals surface area contributed by atoms with Gasteiger partial charge in [0.15, 0.2) is 0 Å². The van der Waals surface area contributed by atoms with E-state index in [4.69, 9.17) is 4.74 Å². The number of methoxy groups -OCH3 is 1. The van der Waals surface area contributed by atoms with Crippen molar-refractivity contribution in [3.8, 4) is 5.75 Å². The number of carbonyl (C=O) groups is 3. The van der Waals surface area contributed by atoms with Crippen molar-refractivity contribution in [2.45, 2.75) is 59.4 Å². The molecule has 0 spiro atoms. The van der Waals surface area contributed by atoms with Crippen molar-refractivity contribution >= 4 is 17.7 Å². The van der Waals surface area contributed by atoms with Crippen LogP contribution < -0.4 is 15.4 Å². The van der Waals surface area contributed by atoms with Gasteiger partial charge in [0.25, 0.3) is 5.91 Å². The van der Waals surface area contributed by atoms with Crippen molar-refractivity contribution in [2.24, 2.45) is 11.3 Å². The normalized spacial score (nSPS) is 15.8. The highest BCUT2D eigenvalue weighted by Crippen LogP contribution is 2.25. The summed E-state index contributed by atoms with van der Waals surface area (Å²) in [5.41, 5.74) is 0.395. The van der Waals surface area contributed by atoms with Gasteiger partial charge in [-0.3, -0.25) is 14.4 Å². The van der Waals surface area contributed by atoms with Crippen LogP contribution in [0.1, 0.15) is 63.7 Å². The maximum absolute atomic E-state index is 12.9. The minimum atomic E-state index is -0.634. The van der Waals surface area contributed by atoms with E-state index < -0.39 is 6.04 Å². The van der Waals surface area contributed by atoms with Crippen molar-refractivity contribution in [2.75, 3.05) is 26.7 Å². The fourth-order valence-corrected chi connectivity index (χ4v) is 3.79. The summed E-state index contributed by atoms with van der Waals surface area (Å²) in [6, 6.07) is 6.24. The number of piperidine rings is 1. The lowest BCUT2D eigenvalue weighted by Crippen LogP contribution is -2.54. The molecule has 0 aromatic heterocycles. The number of ether oxygens (including phenoxy) is 1. The molecule has 0 aliphatic carbocycles. The van der Waals surface area contributed by atoms with Crippen LogP contribution in [0.4, 0.5) is 0 Å². The Kier molecular flexibility index (Phi) is 8.89. The van der Waals surface area contributed by atoms with Gasteiger partial charge in [-0.25, -0.2) is 0 Å². The lowest BCUT2D eigenvalue weighted by molar-refractivity contribution is -0.134. The Morgan fingerprint density at radius 2 is 1.87 bits per heavy atom. The lowest BCUT2D eigenvalue weighted by Gasteiger charge is -2.36. The molecule has 0 saturated carbocycles. The van der Waals surface area contributed by atoms with Gasteiger partial charge in [0, 0.05) is 31.6 Å². The summed E-state index contributed by atoms with van der Waals surface area (Å²) in [5.74, 6) is 0.244. The highest BCUT2D eigenvalue weighted by Gasteiger charge is 2.34. The summed E-state index contributed by atoms with van der Waals surface area (Å²) in [4.78, 5) is 40.2. The third-order valence-corrected chi connectivity index (χ3v) is 5.50. The maximum atomic E-state index is 12.9. The predicted octanol–water partition coefficient (Wildman–Crippen LogP) is 2.99. The van der Waals surface area contributed by atoms with Gasteiger partial charge in [0.1, 0.15) is 11.8 Å². The maximum Gasteiger partial charge on any atom is 0.252 e. The van der Waals surface area contributed by atoms with Gasteiger partial charge in [-0.2, -0.15) is 0 Å². The fourth-order valence-electron chi connectivity index (χ4n) is 3.79. The number of nitrogens with one attached hydrogen (secondary N) is 2. The Labute approximate surface area is 185 Å². The minimum absolute atomic E-state index is 0.0231. The van der Waals surface area contributed by atoms with E-state index in [2.05, 4.69) is 31.4 Å². The lowest BCUT2D eigenvalue weighted by atomic mass is 9.87. The number of hydrogen-bond donors (Lipinski definition) is 2. The minimum Gasteiger partial charge on any atom is -0.497 e. The standard InChI is InChI=1S/C24H37N3O4/c1-6-12-25-23(30)21(26-22(29)18-8-7-9-19(15-18)31-5)17-10-13-27(14-11-17)20(28)16-24(2,3)4/h7-9,15,17,21H,6,10-14,16H2,1-5H3,(H,25,30)(H,26,29)/t21-/m1/s1. The summed E-state index contributed by atoms with van der Waals surface area (Å²) < 4.78 is 5.20. The zero-order chi connectivity index (χ0) is 23.0. The van der Waals surface area contributed by atoms with E-state index >= 15 is 0 Å². The molecule has 0 bridgehead atoms. The summed E-state index contributed by atoms with van der Waals surface area (Å²) in [7, 11) is 1.55. The van der Waals surface area contributed by atoms with E-state index in [9.17, 15) is 14.4 Å². The molecule has 1 aromatic rings. The van der Waals surface area contributed by atoms with E-state index in [0.29, 0.717) is 50.2 Å². The van der Waals surface area contributed by atoms with Crippen molar-refractivity contribution in [3.05, 3.63) is 29.8 Å². The molecule has 172 valence electrons. The SMILES string of the molecule is CCCNC(=O)[C@H](NC(=O)c1cccc(OC)c1)C1CCN(C(=O)CC(C)(C)C)CC1. The molecule has 1 saturated heterocycles. The molecule has 0 radical (unpaired) electrons. The smallest absolute Gasteiger partial charge is 0.252 e. The molecule has 3 amide bonds. The van der Waals surface area contributed by atoms with Crippen molar-refractivity contribution in [1.82, 2.24) is 15.5 Å². The first-order valence-electron chi connectivity index (χ1n) is 11.1. The van der Waals surface area contributed by atoms with Gasteiger partial charge >= 0.3 is 0 Å². The Bertz CT molecular complexity index is 764. The third kappa shape index (κ3) is 7.56. The summed E-state index contributed by atoms with van der Waals surface area (Å²) in [6.45, 7) is 9.93. The molecule has 7 heteroatoms. The third-order valence-electron chi connectivity index (χ3n) is 5.50. The molecule has 1 aromatic carbocycles. The highest BCUT2D eigenvalue weighted by molar-refractivity contribution is 5.98. The van der Waals surface area contributed by atoms with E-state index in [1.54, 1.807) is 31.4 Å². The monoisotopic (exact) mass is 431 g/mol. The molecule has 1 aliphatic rings. The zero-order valence-electron chi connectivity index (χ0n) is 19.5. The van der Waals surface area contributed by atoms with Crippen LogP contribution in [0, 0.1) is 11.3 Å². The number of benzene rings is 1. The number of carbonyl (C=O) groups excluding carboxylic acids is 3. The van der Waals surface area contributed by atoms with Crippen molar-refractivity contribution in [1.29, 1.82) is 0 Å². The Morgan fingerprint density at radius 3 is 2.45 bits per heavy atom. The molecule has 2 rings (SSSR count). The summed E-state index contributed by atoms with van der Waals surface area (Å²) in [5, 5.41) is 5.85. The van der Waals surface area contributed by atoms with Gasteiger partial charge < -0.3 is 20.3 Å². The van der Waals surface area contributed by atoms with Gasteiger partial charge in [0.2, 0.25) is 11.8 Å². The Hall–Kier alpha value is -2.57. The van der Waals surface area contributed by atoms with Crippen LogP contribution in [-0.2, 0) is 9.59 Å². The van der Waals surface area contributed by atoms with Gasteiger partial charge in [-0.1, -0.05) is 33.8 Å². The van der Waals surface area contributed by atoms with Gasteiger partial charge in [-0.05, 0) is 48.8 Å². The van der Waals surface area contributed by atoms with Crippen LogP contribution in [0.3, 0.4) is 0 Å². The summed E-state index contributed by atoms with van der Waals surface area (Å²) in [6.07, 6.45) is 2.68. The number of hydrogen-bond acceptors (Lipinski definition) is 4. The predicted molar refractivity (Wildman–Crippen MR) is 121 cm³/mol. The fraction of sp³-hybridized carbons (Fsp3) is 0.625. The van der Waals surface area contributed by atoms with Crippen molar-refractivity contribution in [3.63, 3.8) is 0 Å². The van der Waals surface area contributed by atoms with Crippen LogP contribution in [0.5, 0.6) is 5.75 Å². The first kappa shape index (κ1) is 24.7. The largest absolute Gasteiger partial charge is 0.497 e.